The smallest absolute Gasteiger partial charge is 0.254 e. The number of carbonyl (C=O) groups is 1. The van der Waals surface area contributed by atoms with E-state index >= 15 is 0 Å². The van der Waals surface area contributed by atoms with Crippen LogP contribution in [0.3, 0.4) is 0 Å². The molecule has 86 valence electrons. The van der Waals surface area contributed by atoms with E-state index < -0.39 is 5.24 Å². The van der Waals surface area contributed by atoms with E-state index in [1.807, 2.05) is 12.1 Å². The number of benzene rings is 1. The van der Waals surface area contributed by atoms with Gasteiger partial charge in [0.05, 0.1) is 18.8 Å². The number of nitrogens with zero attached hydrogens (tertiary/aromatic N) is 1. The maximum absolute atomic E-state index is 11.3. The lowest BCUT2D eigenvalue weighted by molar-refractivity contribution is 0.107. The number of morpholine rings is 1. The van der Waals surface area contributed by atoms with Crippen LogP contribution in [0.2, 0.25) is 0 Å². The maximum Gasteiger partial charge on any atom is 0.254 e. The van der Waals surface area contributed by atoms with Gasteiger partial charge in [0.15, 0.2) is 0 Å². The molecule has 1 saturated heterocycles. The van der Waals surface area contributed by atoms with Crippen LogP contribution in [0.1, 0.15) is 10.4 Å². The highest BCUT2D eigenvalue weighted by molar-refractivity contribution is 9.10. The summed E-state index contributed by atoms with van der Waals surface area (Å²) >= 11 is 8.92. The van der Waals surface area contributed by atoms with Gasteiger partial charge in [-0.05, 0) is 29.8 Å². The first-order valence-electron chi connectivity index (χ1n) is 5.00. The first-order chi connectivity index (χ1) is 7.68. The van der Waals surface area contributed by atoms with Crippen LogP contribution >= 0.6 is 27.5 Å². The molecular weight excluding hydrogens is 293 g/mol. The van der Waals surface area contributed by atoms with Gasteiger partial charge in [0, 0.05) is 23.2 Å². The average Bonchev–Trinajstić information content (AvgIpc) is 2.30. The largest absolute Gasteiger partial charge is 0.378 e. The van der Waals surface area contributed by atoms with Crippen molar-refractivity contribution in [3.05, 3.63) is 28.2 Å². The van der Waals surface area contributed by atoms with Crippen LogP contribution in [0.15, 0.2) is 22.7 Å². The van der Waals surface area contributed by atoms with Gasteiger partial charge < -0.3 is 9.64 Å². The number of hydrogen-bond donors (Lipinski definition) is 0. The number of carbonyl (C=O) groups excluding carboxylic acids is 1. The summed E-state index contributed by atoms with van der Waals surface area (Å²) in [5, 5.41) is -0.428. The molecule has 0 aromatic heterocycles. The SMILES string of the molecule is O=C(Cl)c1cc(Br)ccc1N1CCOCC1. The van der Waals surface area contributed by atoms with Crippen molar-refractivity contribution in [1.82, 2.24) is 0 Å². The normalized spacial score (nSPS) is 16.2. The summed E-state index contributed by atoms with van der Waals surface area (Å²) in [5.74, 6) is 0. The van der Waals surface area contributed by atoms with E-state index in [-0.39, 0.29) is 0 Å². The molecule has 5 heteroatoms. The molecule has 0 amide bonds. The van der Waals surface area contributed by atoms with Gasteiger partial charge in [-0.1, -0.05) is 15.9 Å². The van der Waals surface area contributed by atoms with Crippen molar-refractivity contribution in [2.75, 3.05) is 31.2 Å². The molecule has 2 rings (SSSR count). The van der Waals surface area contributed by atoms with Gasteiger partial charge >= 0.3 is 0 Å². The minimum atomic E-state index is -0.428. The molecule has 0 saturated carbocycles. The molecule has 0 bridgehead atoms. The molecule has 16 heavy (non-hydrogen) atoms. The van der Waals surface area contributed by atoms with Crippen LogP contribution in [0, 0.1) is 0 Å². The van der Waals surface area contributed by atoms with Crippen LogP contribution in [0.5, 0.6) is 0 Å². The third-order valence-electron chi connectivity index (χ3n) is 2.52. The van der Waals surface area contributed by atoms with Crippen LogP contribution in [-0.4, -0.2) is 31.5 Å². The molecule has 1 aliphatic rings. The molecule has 0 N–H and O–H groups in total. The summed E-state index contributed by atoms with van der Waals surface area (Å²) < 4.78 is 6.13. The fourth-order valence-corrected chi connectivity index (χ4v) is 2.26. The minimum Gasteiger partial charge on any atom is -0.378 e. The molecule has 0 unspecified atom stereocenters. The fourth-order valence-electron chi connectivity index (χ4n) is 1.75. The lowest BCUT2D eigenvalue weighted by Crippen LogP contribution is -2.36. The van der Waals surface area contributed by atoms with Crippen molar-refractivity contribution in [1.29, 1.82) is 0 Å². The van der Waals surface area contributed by atoms with Crippen molar-refractivity contribution in [3.63, 3.8) is 0 Å². The molecule has 1 aliphatic heterocycles. The first-order valence-corrected chi connectivity index (χ1v) is 6.17. The Morgan fingerprint density at radius 2 is 2.06 bits per heavy atom. The van der Waals surface area contributed by atoms with E-state index in [1.54, 1.807) is 6.07 Å². The van der Waals surface area contributed by atoms with Crippen LogP contribution in [0.25, 0.3) is 0 Å². The second-order valence-corrected chi connectivity index (χ2v) is 4.79. The molecule has 1 aromatic carbocycles. The lowest BCUT2D eigenvalue weighted by atomic mass is 10.1. The Bertz CT molecular complexity index is 405. The Hall–Kier alpha value is -0.580. The zero-order valence-corrected chi connectivity index (χ0v) is 10.9. The van der Waals surface area contributed by atoms with Crippen molar-refractivity contribution in [2.24, 2.45) is 0 Å². The van der Waals surface area contributed by atoms with Gasteiger partial charge in [0.25, 0.3) is 5.24 Å². The molecular formula is C11H11BrClNO2. The number of halogens is 2. The first kappa shape index (κ1) is 11.9. The number of anilines is 1. The van der Waals surface area contributed by atoms with E-state index in [4.69, 9.17) is 16.3 Å². The third kappa shape index (κ3) is 2.56. The highest BCUT2D eigenvalue weighted by Crippen LogP contribution is 2.26. The molecule has 1 heterocycles. The average molecular weight is 305 g/mol. The Balaban J connectivity index is 2.34. The van der Waals surface area contributed by atoms with Gasteiger partial charge in [-0.2, -0.15) is 0 Å². The summed E-state index contributed by atoms with van der Waals surface area (Å²) in [6.07, 6.45) is 0. The lowest BCUT2D eigenvalue weighted by Gasteiger charge is -2.30. The van der Waals surface area contributed by atoms with Gasteiger partial charge in [-0.25, -0.2) is 0 Å². The Morgan fingerprint density at radius 1 is 1.38 bits per heavy atom. The van der Waals surface area contributed by atoms with E-state index in [1.165, 1.54) is 0 Å². The molecule has 3 nitrogen and oxygen atoms in total. The molecule has 1 fully saturated rings. The molecule has 1 aromatic rings. The summed E-state index contributed by atoms with van der Waals surface area (Å²) in [4.78, 5) is 13.5. The van der Waals surface area contributed by atoms with E-state index in [2.05, 4.69) is 20.8 Å². The predicted molar refractivity (Wildman–Crippen MR) is 67.4 cm³/mol. The molecule has 0 atom stereocenters. The van der Waals surface area contributed by atoms with Gasteiger partial charge in [-0.3, -0.25) is 4.79 Å². The number of hydrogen-bond acceptors (Lipinski definition) is 3. The maximum atomic E-state index is 11.3. The van der Waals surface area contributed by atoms with E-state index in [9.17, 15) is 4.79 Å². The second kappa shape index (κ2) is 5.17. The van der Waals surface area contributed by atoms with Crippen molar-refractivity contribution in [2.45, 2.75) is 0 Å². The number of rotatable bonds is 2. The van der Waals surface area contributed by atoms with Crippen LogP contribution < -0.4 is 4.90 Å². The van der Waals surface area contributed by atoms with Gasteiger partial charge in [0.2, 0.25) is 0 Å². The Labute approximate surface area is 107 Å². The number of ether oxygens (including phenoxy) is 1. The van der Waals surface area contributed by atoms with E-state index in [0.29, 0.717) is 18.8 Å². The van der Waals surface area contributed by atoms with E-state index in [0.717, 1.165) is 23.2 Å². The fraction of sp³-hybridized carbons (Fsp3) is 0.364. The van der Waals surface area contributed by atoms with Crippen molar-refractivity contribution < 1.29 is 9.53 Å². The van der Waals surface area contributed by atoms with Crippen LogP contribution in [-0.2, 0) is 4.74 Å². The quantitative estimate of drug-likeness (QED) is 0.787. The van der Waals surface area contributed by atoms with Crippen LogP contribution in [0.4, 0.5) is 5.69 Å². The Morgan fingerprint density at radius 3 is 2.69 bits per heavy atom. The van der Waals surface area contributed by atoms with Gasteiger partial charge in [0.1, 0.15) is 0 Å². The summed E-state index contributed by atoms with van der Waals surface area (Å²) in [7, 11) is 0. The summed E-state index contributed by atoms with van der Waals surface area (Å²) in [5.41, 5.74) is 1.42. The third-order valence-corrected chi connectivity index (χ3v) is 3.22. The Kier molecular flexibility index (Phi) is 3.84. The summed E-state index contributed by atoms with van der Waals surface area (Å²) in [6.45, 7) is 2.95. The zero-order valence-electron chi connectivity index (χ0n) is 8.58. The van der Waals surface area contributed by atoms with Crippen molar-refractivity contribution in [3.8, 4) is 0 Å². The molecule has 0 radical (unpaired) electrons. The van der Waals surface area contributed by atoms with Crippen molar-refractivity contribution >= 4 is 38.5 Å². The van der Waals surface area contributed by atoms with Gasteiger partial charge in [-0.15, -0.1) is 0 Å². The predicted octanol–water partition coefficient (Wildman–Crippen LogP) is 2.66. The molecule has 0 spiro atoms. The zero-order chi connectivity index (χ0) is 11.5. The standard InChI is InChI=1S/C11H11BrClNO2/c12-8-1-2-10(9(7-8)11(13)15)14-3-5-16-6-4-14/h1-2,7H,3-6H2. The molecule has 0 aliphatic carbocycles. The highest BCUT2D eigenvalue weighted by Gasteiger charge is 2.17. The topological polar surface area (TPSA) is 29.5 Å². The monoisotopic (exact) mass is 303 g/mol. The summed E-state index contributed by atoms with van der Waals surface area (Å²) in [6, 6.07) is 5.57. The highest BCUT2D eigenvalue weighted by atomic mass is 79.9. The minimum absolute atomic E-state index is 0.428. The second-order valence-electron chi connectivity index (χ2n) is 3.53.